The van der Waals surface area contributed by atoms with Gasteiger partial charge in [0, 0.05) is 32.9 Å². The monoisotopic (exact) mass is 586 g/mol. The van der Waals surface area contributed by atoms with Crippen LogP contribution in [0.5, 0.6) is 0 Å². The average Bonchev–Trinajstić information content (AvgIpc) is 3.65. The van der Waals surface area contributed by atoms with E-state index in [9.17, 15) is 0 Å². The number of nitrogens with zero attached hydrogens (tertiary/aromatic N) is 2. The molecule has 0 fully saturated rings. The van der Waals surface area contributed by atoms with Crippen LogP contribution in [-0.2, 0) is 0 Å². The zero-order chi connectivity index (χ0) is 30.5. The molecule has 2 aromatic heterocycles. The van der Waals surface area contributed by atoms with Gasteiger partial charge in [0.15, 0.2) is 0 Å². The Hall–Kier alpha value is -6.12. The Balaban J connectivity index is 0.954. The first-order chi connectivity index (χ1) is 22.8. The lowest BCUT2D eigenvalue weighted by molar-refractivity contribution is 1.18. The summed E-state index contributed by atoms with van der Waals surface area (Å²) in [7, 11) is 0. The van der Waals surface area contributed by atoms with Gasteiger partial charge in [-0.3, -0.25) is 0 Å². The summed E-state index contributed by atoms with van der Waals surface area (Å²) in [6.45, 7) is 0. The number of rotatable bonds is 5. The normalized spacial score (nSPS) is 11.8. The van der Waals surface area contributed by atoms with Gasteiger partial charge in [0.05, 0.1) is 22.1 Å². The maximum Gasteiger partial charge on any atom is 0.0541 e. The van der Waals surface area contributed by atoms with E-state index < -0.39 is 0 Å². The van der Waals surface area contributed by atoms with Crippen molar-refractivity contribution >= 4 is 55.8 Å². The molecular formula is C44H30N2. The minimum atomic E-state index is 1.17. The van der Waals surface area contributed by atoms with Crippen molar-refractivity contribution < 1.29 is 0 Å². The van der Waals surface area contributed by atoms with E-state index in [0.717, 1.165) is 0 Å². The molecule has 46 heavy (non-hydrogen) atoms. The molecule has 7 aromatic carbocycles. The SMILES string of the molecule is C(=C\c1ccc(-n2c3ccccc3c3ccccc32)cc1)/c1ccc(-c2ccc(-n3c4ccccc4c4ccccc43)cc2)cc1. The Bertz CT molecular complexity index is 2440. The average molecular weight is 587 g/mol. The van der Waals surface area contributed by atoms with Crippen molar-refractivity contribution in [3.8, 4) is 22.5 Å². The summed E-state index contributed by atoms with van der Waals surface area (Å²) in [4.78, 5) is 0. The van der Waals surface area contributed by atoms with Gasteiger partial charge >= 0.3 is 0 Å². The molecule has 0 amide bonds. The Kier molecular flexibility index (Phi) is 6.17. The number of hydrogen-bond acceptors (Lipinski definition) is 0. The summed E-state index contributed by atoms with van der Waals surface area (Å²) in [6, 6.07) is 61.1. The largest absolute Gasteiger partial charge is 0.309 e. The van der Waals surface area contributed by atoms with E-state index in [1.165, 1.54) is 77.2 Å². The predicted octanol–water partition coefficient (Wildman–Crippen LogP) is 11.7. The van der Waals surface area contributed by atoms with E-state index in [0.29, 0.717) is 0 Å². The molecule has 0 aliphatic heterocycles. The molecule has 0 saturated carbocycles. The van der Waals surface area contributed by atoms with Gasteiger partial charge in [0.2, 0.25) is 0 Å². The van der Waals surface area contributed by atoms with Crippen LogP contribution >= 0.6 is 0 Å². The number of benzene rings is 7. The van der Waals surface area contributed by atoms with Crippen molar-refractivity contribution in [3.63, 3.8) is 0 Å². The van der Waals surface area contributed by atoms with Crippen LogP contribution in [0.1, 0.15) is 11.1 Å². The van der Waals surface area contributed by atoms with E-state index in [-0.39, 0.29) is 0 Å². The summed E-state index contributed by atoms with van der Waals surface area (Å²) in [5, 5.41) is 5.13. The molecule has 216 valence electrons. The first-order valence-electron chi connectivity index (χ1n) is 15.8. The Morgan fingerprint density at radius 2 is 0.565 bits per heavy atom. The summed E-state index contributed by atoms with van der Waals surface area (Å²) in [5.41, 5.74) is 12.0. The van der Waals surface area contributed by atoms with E-state index in [2.05, 4.69) is 191 Å². The molecular weight excluding hydrogens is 556 g/mol. The lowest BCUT2D eigenvalue weighted by Crippen LogP contribution is -1.93. The molecule has 0 unspecified atom stereocenters. The Labute approximate surface area is 267 Å². The molecule has 9 rings (SSSR count). The molecule has 2 nitrogen and oxygen atoms in total. The van der Waals surface area contributed by atoms with Crippen LogP contribution in [-0.4, -0.2) is 9.13 Å². The number of fused-ring (bicyclic) bond motifs is 6. The van der Waals surface area contributed by atoms with E-state index in [1.807, 2.05) is 0 Å². The van der Waals surface area contributed by atoms with Crippen LogP contribution in [0.4, 0.5) is 0 Å². The minimum Gasteiger partial charge on any atom is -0.309 e. The van der Waals surface area contributed by atoms with Gasteiger partial charge < -0.3 is 9.13 Å². The molecule has 0 aliphatic carbocycles. The molecule has 0 aliphatic rings. The van der Waals surface area contributed by atoms with Crippen LogP contribution in [0.15, 0.2) is 170 Å². The number of para-hydroxylation sites is 4. The molecule has 0 atom stereocenters. The fourth-order valence-electron chi connectivity index (χ4n) is 6.92. The summed E-state index contributed by atoms with van der Waals surface area (Å²) in [6.07, 6.45) is 4.37. The maximum atomic E-state index is 2.36. The van der Waals surface area contributed by atoms with E-state index in [1.54, 1.807) is 0 Å². The molecule has 0 spiro atoms. The Morgan fingerprint density at radius 1 is 0.283 bits per heavy atom. The zero-order valence-corrected chi connectivity index (χ0v) is 25.2. The van der Waals surface area contributed by atoms with Crippen molar-refractivity contribution in [2.45, 2.75) is 0 Å². The highest BCUT2D eigenvalue weighted by Gasteiger charge is 2.12. The van der Waals surface area contributed by atoms with Crippen LogP contribution in [0.3, 0.4) is 0 Å². The van der Waals surface area contributed by atoms with Crippen molar-refractivity contribution in [1.29, 1.82) is 0 Å². The summed E-state index contributed by atoms with van der Waals surface area (Å²) >= 11 is 0. The molecule has 2 heteroatoms. The van der Waals surface area contributed by atoms with Gasteiger partial charge in [-0.1, -0.05) is 133 Å². The van der Waals surface area contributed by atoms with Gasteiger partial charge in [-0.05, 0) is 70.8 Å². The lowest BCUT2D eigenvalue weighted by Gasteiger charge is -2.09. The molecule has 0 N–H and O–H groups in total. The van der Waals surface area contributed by atoms with Crippen LogP contribution < -0.4 is 0 Å². The topological polar surface area (TPSA) is 9.86 Å². The van der Waals surface area contributed by atoms with Gasteiger partial charge in [-0.2, -0.15) is 0 Å². The molecule has 0 bridgehead atoms. The van der Waals surface area contributed by atoms with Gasteiger partial charge in [0.25, 0.3) is 0 Å². The minimum absolute atomic E-state index is 1.17. The van der Waals surface area contributed by atoms with E-state index in [4.69, 9.17) is 0 Å². The van der Waals surface area contributed by atoms with Crippen molar-refractivity contribution in [2.75, 3.05) is 0 Å². The highest BCUT2D eigenvalue weighted by atomic mass is 15.0. The molecule has 2 heterocycles. The molecule has 0 saturated heterocycles. The third-order valence-corrected chi connectivity index (χ3v) is 9.15. The quantitative estimate of drug-likeness (QED) is 0.178. The second-order valence-corrected chi connectivity index (χ2v) is 11.8. The van der Waals surface area contributed by atoms with Crippen LogP contribution in [0.2, 0.25) is 0 Å². The molecule has 9 aromatic rings. The third-order valence-electron chi connectivity index (χ3n) is 9.15. The maximum absolute atomic E-state index is 2.36. The predicted molar refractivity (Wildman–Crippen MR) is 196 cm³/mol. The standard InChI is InChI=1S/C44H30N2/c1-5-13-41-37(9-1)38-10-2-6-14-42(38)45(41)35-27-21-32(22-28-35)18-17-31-19-23-33(24-20-31)34-25-29-36(30-26-34)46-43-15-7-3-11-39(43)40-12-4-8-16-44(40)46/h1-30H/b18-17+. The highest BCUT2D eigenvalue weighted by molar-refractivity contribution is 6.10. The first-order valence-corrected chi connectivity index (χ1v) is 15.8. The van der Waals surface area contributed by atoms with Gasteiger partial charge in [-0.15, -0.1) is 0 Å². The number of aromatic nitrogens is 2. The summed E-state index contributed by atoms with van der Waals surface area (Å²) < 4.78 is 4.71. The molecule has 0 radical (unpaired) electrons. The third kappa shape index (κ3) is 4.35. The number of hydrogen-bond donors (Lipinski definition) is 0. The summed E-state index contributed by atoms with van der Waals surface area (Å²) in [5.74, 6) is 0. The highest BCUT2D eigenvalue weighted by Crippen LogP contribution is 2.34. The second kappa shape index (κ2) is 10.8. The fourth-order valence-corrected chi connectivity index (χ4v) is 6.92. The smallest absolute Gasteiger partial charge is 0.0541 e. The zero-order valence-electron chi connectivity index (χ0n) is 25.2. The van der Waals surface area contributed by atoms with Gasteiger partial charge in [0.1, 0.15) is 0 Å². The fraction of sp³-hybridized carbons (Fsp3) is 0. The van der Waals surface area contributed by atoms with Crippen molar-refractivity contribution in [2.24, 2.45) is 0 Å². The van der Waals surface area contributed by atoms with Crippen LogP contribution in [0, 0.1) is 0 Å². The van der Waals surface area contributed by atoms with Crippen molar-refractivity contribution in [3.05, 3.63) is 181 Å². The van der Waals surface area contributed by atoms with Crippen molar-refractivity contribution in [1.82, 2.24) is 9.13 Å². The van der Waals surface area contributed by atoms with E-state index >= 15 is 0 Å². The first kappa shape index (κ1) is 26.3. The van der Waals surface area contributed by atoms with Crippen LogP contribution in [0.25, 0.3) is 78.3 Å². The Morgan fingerprint density at radius 3 is 0.935 bits per heavy atom. The lowest BCUT2D eigenvalue weighted by atomic mass is 10.0. The second-order valence-electron chi connectivity index (χ2n) is 11.8. The van der Waals surface area contributed by atoms with Gasteiger partial charge in [-0.25, -0.2) is 0 Å².